The van der Waals surface area contributed by atoms with Crippen LogP contribution in [0.15, 0.2) is 44.6 Å². The fraction of sp³-hybridized carbons (Fsp3) is 0.600. The second-order valence-electron chi connectivity index (χ2n) is 8.25. The number of hydrogen-bond acceptors (Lipinski definition) is 0. The van der Waals surface area contributed by atoms with Crippen LogP contribution in [0.1, 0.15) is 69.2 Å². The normalized spacial score (nSPS) is 22.3. The molecule has 8 heteroatoms. The molecule has 28 heavy (non-hydrogen) atoms. The van der Waals surface area contributed by atoms with Crippen LogP contribution >= 0.6 is 121 Å². The fourth-order valence-electron chi connectivity index (χ4n) is 4.04. The van der Waals surface area contributed by atoms with E-state index in [0.717, 1.165) is 0 Å². The molecule has 0 spiro atoms. The van der Waals surface area contributed by atoms with E-state index >= 15 is 0 Å². The van der Waals surface area contributed by atoms with E-state index < -0.39 is 6.68 Å². The van der Waals surface area contributed by atoms with Crippen LogP contribution in [0, 0.1) is 0 Å². The molecule has 0 saturated heterocycles. The zero-order valence-electron chi connectivity index (χ0n) is 18.3. The van der Waals surface area contributed by atoms with Gasteiger partial charge in [0.25, 0.3) is 0 Å². The molecule has 0 saturated carbocycles. The summed E-state index contributed by atoms with van der Waals surface area (Å²) in [6, 6.07) is 0. The zero-order chi connectivity index (χ0) is 22.6. The average Bonchev–Trinajstić information content (AvgIpc) is 2.82. The molecule has 2 aliphatic carbocycles. The third-order valence-corrected chi connectivity index (χ3v) is 49.0. The van der Waals surface area contributed by atoms with Crippen molar-refractivity contribution in [1.82, 2.24) is 0 Å². The van der Waals surface area contributed by atoms with Gasteiger partial charge in [0.15, 0.2) is 0 Å². The summed E-state index contributed by atoms with van der Waals surface area (Å²) in [6.45, 7) is 23.3. The van der Waals surface area contributed by atoms with Crippen molar-refractivity contribution in [3.63, 3.8) is 0 Å². The summed E-state index contributed by atoms with van der Waals surface area (Å²) in [5.41, 5.74) is 12.6. The Morgan fingerprint density at radius 2 is 0.571 bits per heavy atom. The molecule has 0 aromatic carbocycles. The van der Waals surface area contributed by atoms with Crippen molar-refractivity contribution in [3.8, 4) is 0 Å². The van der Waals surface area contributed by atoms with Crippen LogP contribution in [0.4, 0.5) is 0 Å². The predicted molar refractivity (Wildman–Crippen MR) is 186 cm³/mol. The first-order valence-electron chi connectivity index (χ1n) is 9.13. The molecule has 0 amide bonds. The molecule has 0 nitrogen and oxygen atoms in total. The molecule has 160 valence electrons. The topological polar surface area (TPSA) is 0 Å². The molecule has 0 N–H and O–H groups in total. The monoisotopic (exact) mass is 1180 g/mol. The van der Waals surface area contributed by atoms with Crippen molar-refractivity contribution >= 4 is 128 Å². The SMILES string of the molecule is CC1=C(C)[C](C)([Ge]([I])([I])[I])C(C)=C1C.CC1=C(C)[C](C)([Ge]([I])([I])[I])C(C)=C1C. The molecule has 0 unspecified atom stereocenters. The van der Waals surface area contributed by atoms with E-state index in [4.69, 9.17) is 0 Å². The van der Waals surface area contributed by atoms with Crippen molar-refractivity contribution < 1.29 is 0 Å². The minimum absolute atomic E-state index is 0.399. The van der Waals surface area contributed by atoms with Crippen molar-refractivity contribution in [2.75, 3.05) is 0 Å². The zero-order valence-corrected chi connectivity index (χ0v) is 35.4. The van der Waals surface area contributed by atoms with Gasteiger partial charge >= 0.3 is 250 Å². The Kier molecular flexibility index (Phi) is 11.5. The maximum atomic E-state index is 2.74. The van der Waals surface area contributed by atoms with Gasteiger partial charge in [0, 0.05) is 0 Å². The van der Waals surface area contributed by atoms with Gasteiger partial charge in [-0.05, 0) is 0 Å². The Labute approximate surface area is 245 Å². The van der Waals surface area contributed by atoms with Gasteiger partial charge in [-0.3, -0.25) is 0 Å². The van der Waals surface area contributed by atoms with E-state index in [2.05, 4.69) is 191 Å². The number of allylic oxidation sites excluding steroid dienone is 8. The first-order chi connectivity index (χ1) is 12.3. The van der Waals surface area contributed by atoms with E-state index in [0.29, 0.717) is 8.49 Å². The van der Waals surface area contributed by atoms with E-state index in [-0.39, 0.29) is 0 Å². The van der Waals surface area contributed by atoms with E-state index in [9.17, 15) is 0 Å². The summed E-state index contributed by atoms with van der Waals surface area (Å²) in [5.74, 6) is 0. The standard InChI is InChI=1S/2C10H15GeI3/c2*1-6-7(2)9(4)10(5,8(6)3)11(12,13)14/h2*1-5H3. The molecule has 0 aromatic rings. The van der Waals surface area contributed by atoms with Crippen LogP contribution < -0.4 is 0 Å². The van der Waals surface area contributed by atoms with Crippen LogP contribution in [0.2, 0.25) is 8.49 Å². The molecule has 2 rings (SSSR count). The molecule has 0 radical (unpaired) electrons. The molecular weight excluding hydrogens is 1150 g/mol. The molecule has 2 aliphatic rings. The number of rotatable bonds is 2. The first-order valence-corrected chi connectivity index (χ1v) is 49.6. The second kappa shape index (κ2) is 10.6. The molecule has 0 atom stereocenters. The van der Waals surface area contributed by atoms with Gasteiger partial charge in [-0.15, -0.1) is 0 Å². The van der Waals surface area contributed by atoms with E-state index in [1.54, 1.807) is 22.3 Å². The summed E-state index contributed by atoms with van der Waals surface area (Å²) in [5, 5.41) is 0. The van der Waals surface area contributed by atoms with Gasteiger partial charge in [-0.2, -0.15) is 0 Å². The summed E-state index contributed by atoms with van der Waals surface area (Å²) < 4.78 is -2.77. The molecular formula is C20H30Ge2I6. The fourth-order valence-corrected chi connectivity index (χ4v) is 34.4. The van der Waals surface area contributed by atoms with Crippen molar-refractivity contribution in [2.45, 2.75) is 77.7 Å². The quantitative estimate of drug-likeness (QED) is 0.191. The van der Waals surface area contributed by atoms with Crippen LogP contribution in [0.25, 0.3) is 0 Å². The van der Waals surface area contributed by atoms with E-state index in [1.807, 2.05) is 0 Å². The van der Waals surface area contributed by atoms with E-state index in [1.165, 1.54) is 22.3 Å². The number of hydrogen-bond donors (Lipinski definition) is 0. The maximum absolute atomic E-state index is 2.74. The molecule has 0 fully saturated rings. The van der Waals surface area contributed by atoms with Crippen molar-refractivity contribution in [2.24, 2.45) is 0 Å². The Hall–Kier alpha value is 4.43. The second-order valence-corrected chi connectivity index (χ2v) is 131. The van der Waals surface area contributed by atoms with Crippen molar-refractivity contribution in [3.05, 3.63) is 44.6 Å². The van der Waals surface area contributed by atoms with Gasteiger partial charge in [0.2, 0.25) is 0 Å². The van der Waals surface area contributed by atoms with Crippen LogP contribution in [0.3, 0.4) is 0 Å². The summed E-state index contributed by atoms with van der Waals surface area (Å²) >= 11 is 16.4. The summed E-state index contributed by atoms with van der Waals surface area (Å²) in [6.07, 6.45) is 0. The van der Waals surface area contributed by atoms with Crippen LogP contribution in [-0.2, 0) is 0 Å². The Bertz CT molecular complexity index is 688. The predicted octanol–water partition coefficient (Wildman–Crippen LogP) is 11.4. The third-order valence-electron chi connectivity index (χ3n) is 7.51. The Balaban J connectivity index is 0.000000280. The Morgan fingerprint density at radius 1 is 0.429 bits per heavy atom. The number of halogens is 6. The molecule has 0 aliphatic heterocycles. The molecule has 0 heterocycles. The van der Waals surface area contributed by atoms with Gasteiger partial charge in [-0.25, -0.2) is 0 Å². The van der Waals surface area contributed by atoms with Crippen LogP contribution in [-0.4, -0.2) is 6.68 Å². The van der Waals surface area contributed by atoms with Gasteiger partial charge in [-0.1, -0.05) is 0 Å². The van der Waals surface area contributed by atoms with Crippen LogP contribution in [0.5, 0.6) is 0 Å². The Morgan fingerprint density at radius 3 is 0.643 bits per heavy atom. The average molecular weight is 1180 g/mol. The molecule has 0 bridgehead atoms. The van der Waals surface area contributed by atoms with Gasteiger partial charge < -0.3 is 0 Å². The third kappa shape index (κ3) is 5.31. The minimum atomic E-state index is -1.78. The van der Waals surface area contributed by atoms with Gasteiger partial charge in [0.1, 0.15) is 0 Å². The van der Waals surface area contributed by atoms with Gasteiger partial charge in [0.05, 0.1) is 0 Å². The summed E-state index contributed by atoms with van der Waals surface area (Å²) in [4.78, 5) is 0. The summed E-state index contributed by atoms with van der Waals surface area (Å²) in [7, 11) is 0. The first kappa shape index (κ1) is 30.5. The molecule has 0 aromatic heterocycles. The van der Waals surface area contributed by atoms with Crippen molar-refractivity contribution in [1.29, 1.82) is 0 Å².